The lowest BCUT2D eigenvalue weighted by molar-refractivity contribution is 0.0838. The fraction of sp³-hybridized carbons (Fsp3) is 0.385. The zero-order valence-electron chi connectivity index (χ0n) is 9.48. The van der Waals surface area contributed by atoms with Gasteiger partial charge in [-0.1, -0.05) is 0 Å². The van der Waals surface area contributed by atoms with Crippen LogP contribution in [0.25, 0.3) is 11.0 Å². The van der Waals surface area contributed by atoms with E-state index in [4.69, 9.17) is 4.74 Å². The minimum Gasteiger partial charge on any atom is -0.381 e. The predicted molar refractivity (Wildman–Crippen MR) is 64.3 cm³/mol. The first-order chi connectivity index (χ1) is 8.36. The summed E-state index contributed by atoms with van der Waals surface area (Å²) in [6.45, 7) is 1.61. The van der Waals surface area contributed by atoms with Gasteiger partial charge in [-0.25, -0.2) is 4.98 Å². The molecule has 4 nitrogen and oxygen atoms in total. The number of nitrogens with one attached hydrogen (secondary N) is 1. The van der Waals surface area contributed by atoms with E-state index in [0.717, 1.165) is 49.2 Å². The van der Waals surface area contributed by atoms with Crippen molar-refractivity contribution in [3.05, 3.63) is 29.6 Å². The molecular formula is C13H14N2O2. The Morgan fingerprint density at radius 1 is 1.35 bits per heavy atom. The van der Waals surface area contributed by atoms with Gasteiger partial charge in [0.15, 0.2) is 0 Å². The van der Waals surface area contributed by atoms with Crippen LogP contribution in [0.15, 0.2) is 18.2 Å². The Balaban J connectivity index is 1.97. The van der Waals surface area contributed by atoms with Gasteiger partial charge in [0.05, 0.1) is 11.0 Å². The van der Waals surface area contributed by atoms with Gasteiger partial charge in [-0.3, -0.25) is 4.79 Å². The number of aromatic amines is 1. The van der Waals surface area contributed by atoms with Crippen LogP contribution in [0.1, 0.15) is 34.9 Å². The van der Waals surface area contributed by atoms with Gasteiger partial charge >= 0.3 is 0 Å². The Labute approximate surface area is 99.0 Å². The van der Waals surface area contributed by atoms with Crippen molar-refractivity contribution in [2.75, 3.05) is 13.2 Å². The molecule has 1 aromatic heterocycles. The minimum atomic E-state index is 0.454. The number of nitrogens with zero attached hydrogens (tertiary/aromatic N) is 1. The Bertz CT molecular complexity index is 541. The van der Waals surface area contributed by atoms with E-state index >= 15 is 0 Å². The molecule has 0 atom stereocenters. The normalized spacial score (nSPS) is 17.4. The second kappa shape index (κ2) is 4.30. The minimum absolute atomic E-state index is 0.454. The summed E-state index contributed by atoms with van der Waals surface area (Å²) < 4.78 is 5.34. The molecule has 0 radical (unpaired) electrons. The van der Waals surface area contributed by atoms with Crippen molar-refractivity contribution >= 4 is 17.3 Å². The molecule has 2 heterocycles. The molecule has 0 aliphatic carbocycles. The smallest absolute Gasteiger partial charge is 0.150 e. The van der Waals surface area contributed by atoms with Crippen LogP contribution in [0.4, 0.5) is 0 Å². The van der Waals surface area contributed by atoms with Gasteiger partial charge in [0, 0.05) is 24.7 Å². The third-order valence-corrected chi connectivity index (χ3v) is 3.27. The highest BCUT2D eigenvalue weighted by Crippen LogP contribution is 2.26. The number of rotatable bonds is 2. The molecular weight excluding hydrogens is 216 g/mol. The molecule has 1 aliphatic heterocycles. The van der Waals surface area contributed by atoms with Crippen LogP contribution in [0.3, 0.4) is 0 Å². The highest BCUT2D eigenvalue weighted by atomic mass is 16.5. The van der Waals surface area contributed by atoms with Crippen molar-refractivity contribution < 1.29 is 9.53 Å². The molecule has 0 spiro atoms. The first kappa shape index (κ1) is 10.5. The molecule has 1 aliphatic rings. The molecule has 1 fully saturated rings. The van der Waals surface area contributed by atoms with Crippen molar-refractivity contribution in [1.29, 1.82) is 0 Å². The number of carbonyl (C=O) groups excluding carboxylic acids is 1. The summed E-state index contributed by atoms with van der Waals surface area (Å²) in [6.07, 6.45) is 2.88. The average Bonchev–Trinajstić information content (AvgIpc) is 2.82. The van der Waals surface area contributed by atoms with Crippen molar-refractivity contribution in [3.63, 3.8) is 0 Å². The molecule has 2 aromatic rings. The van der Waals surface area contributed by atoms with Crippen LogP contribution in [-0.4, -0.2) is 29.5 Å². The quantitative estimate of drug-likeness (QED) is 0.805. The molecule has 1 N–H and O–H groups in total. The maximum atomic E-state index is 10.7. The van der Waals surface area contributed by atoms with E-state index in [-0.39, 0.29) is 0 Å². The number of aldehydes is 1. The maximum absolute atomic E-state index is 10.7. The Hall–Kier alpha value is -1.68. The third kappa shape index (κ3) is 1.96. The monoisotopic (exact) mass is 230 g/mol. The van der Waals surface area contributed by atoms with Gasteiger partial charge in [0.25, 0.3) is 0 Å². The van der Waals surface area contributed by atoms with Crippen LogP contribution >= 0.6 is 0 Å². The van der Waals surface area contributed by atoms with Crippen molar-refractivity contribution in [2.24, 2.45) is 0 Å². The molecule has 4 heteroatoms. The van der Waals surface area contributed by atoms with Gasteiger partial charge < -0.3 is 9.72 Å². The largest absolute Gasteiger partial charge is 0.381 e. The van der Waals surface area contributed by atoms with E-state index in [2.05, 4.69) is 9.97 Å². The number of hydrogen-bond acceptors (Lipinski definition) is 3. The summed E-state index contributed by atoms with van der Waals surface area (Å²) >= 11 is 0. The fourth-order valence-electron chi connectivity index (χ4n) is 2.28. The van der Waals surface area contributed by atoms with Gasteiger partial charge in [-0.2, -0.15) is 0 Å². The van der Waals surface area contributed by atoms with Gasteiger partial charge in [-0.05, 0) is 31.0 Å². The Morgan fingerprint density at radius 3 is 2.94 bits per heavy atom. The topological polar surface area (TPSA) is 55.0 Å². The summed E-state index contributed by atoms with van der Waals surface area (Å²) in [5.74, 6) is 1.47. The second-order valence-electron chi connectivity index (χ2n) is 4.40. The molecule has 0 amide bonds. The molecule has 0 unspecified atom stereocenters. The lowest BCUT2D eigenvalue weighted by Gasteiger charge is -2.19. The SMILES string of the molecule is O=Cc1ccc2nc(C3CCOCC3)[nH]c2c1. The lowest BCUT2D eigenvalue weighted by Crippen LogP contribution is -2.15. The number of aromatic nitrogens is 2. The van der Waals surface area contributed by atoms with E-state index in [0.29, 0.717) is 11.5 Å². The van der Waals surface area contributed by atoms with Gasteiger partial charge in [0.2, 0.25) is 0 Å². The van der Waals surface area contributed by atoms with Crippen LogP contribution in [0, 0.1) is 0 Å². The van der Waals surface area contributed by atoms with E-state index in [9.17, 15) is 4.79 Å². The predicted octanol–water partition coefficient (Wildman–Crippen LogP) is 2.27. The molecule has 1 aromatic carbocycles. The molecule has 0 bridgehead atoms. The van der Waals surface area contributed by atoms with Gasteiger partial charge in [-0.15, -0.1) is 0 Å². The highest BCUT2D eigenvalue weighted by Gasteiger charge is 2.19. The van der Waals surface area contributed by atoms with Gasteiger partial charge in [0.1, 0.15) is 12.1 Å². The third-order valence-electron chi connectivity index (χ3n) is 3.27. The summed E-state index contributed by atoms with van der Waals surface area (Å²) in [5, 5.41) is 0. The second-order valence-corrected chi connectivity index (χ2v) is 4.40. The highest BCUT2D eigenvalue weighted by molar-refractivity contribution is 5.84. The van der Waals surface area contributed by atoms with Crippen LogP contribution in [-0.2, 0) is 4.74 Å². The van der Waals surface area contributed by atoms with E-state index in [1.165, 1.54) is 0 Å². The van der Waals surface area contributed by atoms with Crippen molar-refractivity contribution in [3.8, 4) is 0 Å². The zero-order valence-corrected chi connectivity index (χ0v) is 9.48. The number of imidazole rings is 1. The first-order valence-electron chi connectivity index (χ1n) is 5.89. The lowest BCUT2D eigenvalue weighted by atomic mass is 10.00. The van der Waals surface area contributed by atoms with Crippen molar-refractivity contribution in [2.45, 2.75) is 18.8 Å². The van der Waals surface area contributed by atoms with E-state index < -0.39 is 0 Å². The standard InChI is InChI=1S/C13H14N2O2/c16-8-9-1-2-11-12(7-9)15-13(14-11)10-3-5-17-6-4-10/h1-2,7-8,10H,3-6H2,(H,14,15). The van der Waals surface area contributed by atoms with Crippen molar-refractivity contribution in [1.82, 2.24) is 9.97 Å². The number of benzene rings is 1. The summed E-state index contributed by atoms with van der Waals surface area (Å²) in [4.78, 5) is 18.6. The molecule has 3 rings (SSSR count). The number of ether oxygens (including phenoxy) is 1. The van der Waals surface area contributed by atoms with E-state index in [1.807, 2.05) is 12.1 Å². The number of H-pyrrole nitrogens is 1. The van der Waals surface area contributed by atoms with Crippen LogP contribution in [0.2, 0.25) is 0 Å². The average molecular weight is 230 g/mol. The molecule has 88 valence electrons. The molecule has 17 heavy (non-hydrogen) atoms. The Morgan fingerprint density at radius 2 is 2.18 bits per heavy atom. The molecule has 1 saturated heterocycles. The summed E-state index contributed by atoms with van der Waals surface area (Å²) in [7, 11) is 0. The first-order valence-corrected chi connectivity index (χ1v) is 5.89. The summed E-state index contributed by atoms with van der Waals surface area (Å²) in [6, 6.07) is 5.53. The Kier molecular flexibility index (Phi) is 2.65. The van der Waals surface area contributed by atoms with Crippen LogP contribution < -0.4 is 0 Å². The van der Waals surface area contributed by atoms with E-state index in [1.54, 1.807) is 6.07 Å². The number of hydrogen-bond donors (Lipinski definition) is 1. The molecule has 0 saturated carbocycles. The number of carbonyl (C=O) groups is 1. The fourth-order valence-corrected chi connectivity index (χ4v) is 2.28. The number of fused-ring (bicyclic) bond motifs is 1. The summed E-state index contributed by atoms with van der Waals surface area (Å²) in [5.41, 5.74) is 2.55. The van der Waals surface area contributed by atoms with Crippen LogP contribution in [0.5, 0.6) is 0 Å². The zero-order chi connectivity index (χ0) is 11.7. The maximum Gasteiger partial charge on any atom is 0.150 e.